The Balaban J connectivity index is 0.967. The summed E-state index contributed by atoms with van der Waals surface area (Å²) in [5.74, 6) is 0.251. The number of nitrogens with zero attached hydrogens (tertiary/aromatic N) is 2. The van der Waals surface area contributed by atoms with E-state index in [1.807, 2.05) is 27.9 Å². The largest absolute Gasteiger partial charge is 0.491 e. The summed E-state index contributed by atoms with van der Waals surface area (Å²) in [5, 5.41) is 0. The molecule has 0 saturated heterocycles. The van der Waals surface area contributed by atoms with Crippen LogP contribution in [0.1, 0.15) is 36.6 Å². The van der Waals surface area contributed by atoms with Crippen LogP contribution in [0.15, 0.2) is 129 Å². The molecule has 1 aromatic heterocycles. The minimum absolute atomic E-state index is 0.117. The smallest absolute Gasteiger partial charge is 0.343 e. The molecule has 0 aliphatic heterocycles. The number of carbonyl (C=O) groups excluding carboxylic acids is 3. The van der Waals surface area contributed by atoms with Crippen molar-refractivity contribution in [2.75, 3.05) is 33.0 Å². The Morgan fingerprint density at radius 1 is 0.588 bits per heavy atom. The molecule has 11 heteroatoms. The molecule has 11 nitrogen and oxygen atoms in total. The summed E-state index contributed by atoms with van der Waals surface area (Å²) in [6.45, 7) is 9.42. The lowest BCUT2D eigenvalue weighted by molar-refractivity contribution is -0.696. The fourth-order valence-electron chi connectivity index (χ4n) is 4.55. The lowest BCUT2D eigenvalue weighted by atomic mass is 10.1. The van der Waals surface area contributed by atoms with Crippen LogP contribution in [0, 0.1) is 0 Å². The normalized spacial score (nSPS) is 10.5. The first-order valence-electron chi connectivity index (χ1n) is 16.1. The molecule has 5 aromatic rings. The van der Waals surface area contributed by atoms with E-state index >= 15 is 0 Å². The number of hydrogen-bond acceptors (Lipinski definition) is 9. The monoisotopic (exact) mass is 689 g/mol. The highest BCUT2D eigenvalue weighted by atomic mass is 16.6. The van der Waals surface area contributed by atoms with Gasteiger partial charge in [-0.15, -0.1) is 0 Å². The molecule has 5 rings (SSSR count). The predicted octanol–water partition coefficient (Wildman–Crippen LogP) is 6.29. The number of benzene rings is 4. The molecule has 51 heavy (non-hydrogen) atoms. The zero-order valence-corrected chi connectivity index (χ0v) is 27.8. The molecule has 0 aliphatic rings. The molecule has 0 amide bonds. The van der Waals surface area contributed by atoms with Crippen molar-refractivity contribution in [3.8, 4) is 23.0 Å². The summed E-state index contributed by atoms with van der Waals surface area (Å²) in [4.78, 5) is 37.4. The fourth-order valence-corrected chi connectivity index (χ4v) is 4.55. The van der Waals surface area contributed by atoms with Crippen molar-refractivity contribution in [2.45, 2.75) is 6.54 Å². The van der Waals surface area contributed by atoms with Gasteiger partial charge in [-0.25, -0.2) is 23.5 Å². The van der Waals surface area contributed by atoms with E-state index in [9.17, 15) is 14.4 Å². The van der Waals surface area contributed by atoms with Crippen molar-refractivity contribution in [3.05, 3.63) is 151 Å². The van der Waals surface area contributed by atoms with E-state index < -0.39 is 17.9 Å². The van der Waals surface area contributed by atoms with E-state index in [1.165, 1.54) is 12.1 Å². The van der Waals surface area contributed by atoms with Gasteiger partial charge in [0.05, 0.1) is 36.1 Å². The minimum Gasteiger partial charge on any atom is -0.491 e. The standard InChI is InChI=1S/C40H37N2O9/c1-3-30-5-7-31(8-6-30)38(43)49-28-26-46-25-27-48-35-15-11-33(12-16-35)40(45)51-37-19-17-36(18-20-37)50-39(44)32-9-13-34(14-10-32)47-24-23-42-22-21-41(4-2)29-42/h3-22,29H,1-2,23-28H2/q+1. The number of imidazole rings is 1. The highest BCUT2D eigenvalue weighted by Gasteiger charge is 2.12. The Kier molecular flexibility index (Phi) is 12.9. The quantitative estimate of drug-likeness (QED) is 0.0453. The van der Waals surface area contributed by atoms with Crippen LogP contribution in [-0.4, -0.2) is 55.5 Å². The topological polar surface area (TPSA) is 115 Å². The number of esters is 3. The number of aromatic nitrogens is 2. The molecule has 0 saturated carbocycles. The van der Waals surface area contributed by atoms with Gasteiger partial charge in [0.15, 0.2) is 0 Å². The molecule has 0 unspecified atom stereocenters. The molecule has 0 atom stereocenters. The first-order chi connectivity index (χ1) is 24.9. The second-order valence-corrected chi connectivity index (χ2v) is 10.9. The zero-order valence-electron chi connectivity index (χ0n) is 27.8. The maximum Gasteiger partial charge on any atom is 0.343 e. The van der Waals surface area contributed by atoms with E-state index in [0.717, 1.165) is 5.56 Å². The van der Waals surface area contributed by atoms with E-state index in [2.05, 4.69) is 13.2 Å². The Morgan fingerprint density at radius 2 is 1.08 bits per heavy atom. The van der Waals surface area contributed by atoms with Crippen molar-refractivity contribution in [2.24, 2.45) is 0 Å². The van der Waals surface area contributed by atoms with Crippen LogP contribution in [0.2, 0.25) is 0 Å². The summed E-state index contributed by atoms with van der Waals surface area (Å²) < 4.78 is 36.8. The molecule has 0 bridgehead atoms. The third-order valence-corrected chi connectivity index (χ3v) is 7.31. The molecule has 0 spiro atoms. The van der Waals surface area contributed by atoms with E-state index in [-0.39, 0.29) is 32.2 Å². The molecule has 0 radical (unpaired) electrons. The molecule has 4 aromatic carbocycles. The fraction of sp³-hybridized carbons (Fsp3) is 0.150. The van der Waals surface area contributed by atoms with Gasteiger partial charge in [0, 0.05) is 0 Å². The zero-order chi connectivity index (χ0) is 35.8. The van der Waals surface area contributed by atoms with Gasteiger partial charge < -0.3 is 28.4 Å². The molecular weight excluding hydrogens is 652 g/mol. The van der Waals surface area contributed by atoms with E-state index in [1.54, 1.807) is 97.2 Å². The van der Waals surface area contributed by atoms with Crippen LogP contribution in [0.4, 0.5) is 0 Å². The first-order valence-corrected chi connectivity index (χ1v) is 16.1. The first kappa shape index (κ1) is 35.8. The van der Waals surface area contributed by atoms with Crippen LogP contribution in [0.5, 0.6) is 23.0 Å². The molecule has 0 aliphatic carbocycles. The number of ether oxygens (including phenoxy) is 6. The van der Waals surface area contributed by atoms with Crippen molar-refractivity contribution in [1.82, 2.24) is 4.57 Å². The second-order valence-electron chi connectivity index (χ2n) is 10.9. The van der Waals surface area contributed by atoms with Crippen LogP contribution in [0.25, 0.3) is 12.3 Å². The summed E-state index contributed by atoms with van der Waals surface area (Å²) in [6.07, 6.45) is 9.13. The third-order valence-electron chi connectivity index (χ3n) is 7.31. The number of carbonyl (C=O) groups is 3. The lowest BCUT2D eigenvalue weighted by Crippen LogP contribution is -2.34. The van der Waals surface area contributed by atoms with E-state index in [0.29, 0.717) is 47.1 Å². The van der Waals surface area contributed by atoms with Crippen molar-refractivity contribution < 1.29 is 47.4 Å². The molecule has 0 N–H and O–H groups in total. The number of hydrogen-bond donors (Lipinski definition) is 0. The second kappa shape index (κ2) is 18.3. The van der Waals surface area contributed by atoms with Crippen LogP contribution in [-0.2, 0) is 16.0 Å². The van der Waals surface area contributed by atoms with Crippen LogP contribution < -0.4 is 23.5 Å². The van der Waals surface area contributed by atoms with Crippen LogP contribution >= 0.6 is 0 Å². The Labute approximate surface area is 295 Å². The van der Waals surface area contributed by atoms with Gasteiger partial charge in [-0.05, 0) is 90.5 Å². The van der Waals surface area contributed by atoms with Crippen molar-refractivity contribution in [1.29, 1.82) is 0 Å². The summed E-state index contributed by atoms with van der Waals surface area (Å²) in [6, 6.07) is 26.3. The average molecular weight is 690 g/mol. The van der Waals surface area contributed by atoms with Gasteiger partial charge in [-0.2, -0.15) is 0 Å². The molecule has 260 valence electrons. The highest BCUT2D eigenvalue weighted by Crippen LogP contribution is 2.21. The minimum atomic E-state index is -0.558. The Hall–Kier alpha value is -6.46. The number of rotatable bonds is 18. The van der Waals surface area contributed by atoms with Crippen molar-refractivity contribution >= 4 is 30.2 Å². The molecule has 0 fully saturated rings. The third kappa shape index (κ3) is 11.0. The molecular formula is C40H37N2O9+. The Bertz CT molecular complexity index is 1920. The maximum atomic E-state index is 12.7. The van der Waals surface area contributed by atoms with Gasteiger partial charge in [-0.3, -0.25) is 0 Å². The lowest BCUT2D eigenvalue weighted by Gasteiger charge is -2.09. The summed E-state index contributed by atoms with van der Waals surface area (Å²) in [7, 11) is 0. The SMILES string of the molecule is C=Cc1ccc(C(=O)OCCOCCOc2ccc(C(=O)Oc3ccc(OC(=O)c4ccc(OCC[n+]5ccn(C=C)c5)cc4)cc3)cc2)cc1. The summed E-state index contributed by atoms with van der Waals surface area (Å²) in [5.41, 5.74) is 2.07. The van der Waals surface area contributed by atoms with E-state index in [4.69, 9.17) is 28.4 Å². The van der Waals surface area contributed by atoms with Gasteiger partial charge in [0.25, 0.3) is 0 Å². The average Bonchev–Trinajstić information content (AvgIpc) is 3.63. The van der Waals surface area contributed by atoms with Crippen molar-refractivity contribution in [3.63, 3.8) is 0 Å². The van der Waals surface area contributed by atoms with Gasteiger partial charge in [-0.1, -0.05) is 31.4 Å². The van der Waals surface area contributed by atoms with Crippen LogP contribution in [0.3, 0.4) is 0 Å². The predicted molar refractivity (Wildman–Crippen MR) is 189 cm³/mol. The Morgan fingerprint density at radius 3 is 1.61 bits per heavy atom. The van der Waals surface area contributed by atoms with Gasteiger partial charge in [0.1, 0.15) is 61.8 Å². The van der Waals surface area contributed by atoms with Gasteiger partial charge >= 0.3 is 17.9 Å². The van der Waals surface area contributed by atoms with Gasteiger partial charge in [0.2, 0.25) is 6.33 Å². The molecule has 1 heterocycles. The summed E-state index contributed by atoms with van der Waals surface area (Å²) >= 11 is 0. The highest BCUT2D eigenvalue weighted by molar-refractivity contribution is 5.92. The maximum absolute atomic E-state index is 12.7.